The lowest BCUT2D eigenvalue weighted by molar-refractivity contribution is 0.505. The second-order valence-corrected chi connectivity index (χ2v) is 4.94. The summed E-state index contributed by atoms with van der Waals surface area (Å²) in [5.41, 5.74) is 2.41. The Morgan fingerprint density at radius 1 is 1.05 bits per heavy atom. The van der Waals surface area contributed by atoms with Crippen LogP contribution >= 0.6 is 0 Å². The number of rotatable bonds is 5. The van der Waals surface area contributed by atoms with E-state index in [0.29, 0.717) is 16.7 Å². The second kappa shape index (κ2) is 6.62. The smallest absolute Gasteiger partial charge is 0.166 e. The molecule has 0 saturated carbocycles. The molecule has 0 amide bonds. The largest absolute Gasteiger partial charge is 0.313 e. The maximum atomic E-state index is 14.0. The maximum absolute atomic E-state index is 14.0. The highest BCUT2D eigenvalue weighted by Crippen LogP contribution is 2.26. The van der Waals surface area contributed by atoms with Crippen molar-refractivity contribution in [2.45, 2.75) is 26.8 Å². The van der Waals surface area contributed by atoms with Crippen LogP contribution in [0.2, 0.25) is 0 Å². The normalized spacial score (nSPS) is 10.8. The third-order valence-electron chi connectivity index (χ3n) is 3.27. The lowest BCUT2D eigenvalue weighted by Crippen LogP contribution is -2.13. The van der Waals surface area contributed by atoms with Crippen molar-refractivity contribution in [2.24, 2.45) is 0 Å². The minimum Gasteiger partial charge on any atom is -0.313 e. The van der Waals surface area contributed by atoms with E-state index in [0.717, 1.165) is 25.1 Å². The molecule has 0 aliphatic heterocycles. The lowest BCUT2D eigenvalue weighted by Gasteiger charge is -2.09. The lowest BCUT2D eigenvalue weighted by atomic mass is 10.0. The van der Waals surface area contributed by atoms with E-state index < -0.39 is 11.6 Å². The van der Waals surface area contributed by atoms with Crippen LogP contribution in [0.4, 0.5) is 8.78 Å². The van der Waals surface area contributed by atoms with Crippen LogP contribution < -0.4 is 5.32 Å². The number of hydrogen-bond donors (Lipinski definition) is 1. The van der Waals surface area contributed by atoms with Gasteiger partial charge in [-0.25, -0.2) is 8.78 Å². The van der Waals surface area contributed by atoms with E-state index >= 15 is 0 Å². The van der Waals surface area contributed by atoms with Crippen LogP contribution in [-0.2, 0) is 6.54 Å². The Morgan fingerprint density at radius 2 is 1.85 bits per heavy atom. The molecule has 20 heavy (non-hydrogen) atoms. The summed E-state index contributed by atoms with van der Waals surface area (Å²) in [5, 5.41) is 3.30. The fourth-order valence-electron chi connectivity index (χ4n) is 2.13. The molecular weight excluding hydrogens is 256 g/mol. The molecule has 1 N–H and O–H groups in total. The van der Waals surface area contributed by atoms with Crippen molar-refractivity contribution in [3.63, 3.8) is 0 Å². The number of halogens is 2. The fraction of sp³-hybridized carbons (Fsp3) is 0.294. The molecule has 2 aromatic carbocycles. The van der Waals surface area contributed by atoms with Gasteiger partial charge in [0.05, 0.1) is 0 Å². The van der Waals surface area contributed by atoms with E-state index in [1.54, 1.807) is 25.1 Å². The first-order chi connectivity index (χ1) is 9.63. The van der Waals surface area contributed by atoms with Crippen LogP contribution in [0.3, 0.4) is 0 Å². The molecule has 0 fully saturated rings. The molecule has 0 unspecified atom stereocenters. The molecule has 0 radical (unpaired) electrons. The van der Waals surface area contributed by atoms with E-state index in [1.807, 2.05) is 18.2 Å². The van der Waals surface area contributed by atoms with E-state index in [1.165, 1.54) is 0 Å². The summed E-state index contributed by atoms with van der Waals surface area (Å²) in [6.07, 6.45) is 1.07. The van der Waals surface area contributed by atoms with E-state index in [4.69, 9.17) is 0 Å². The number of nitrogens with one attached hydrogen (secondary N) is 1. The molecule has 1 nitrogen and oxygen atoms in total. The van der Waals surface area contributed by atoms with Gasteiger partial charge in [0.25, 0.3) is 0 Å². The molecule has 0 aliphatic rings. The average Bonchev–Trinajstić information content (AvgIpc) is 2.46. The summed E-state index contributed by atoms with van der Waals surface area (Å²) in [6.45, 7) is 5.34. The van der Waals surface area contributed by atoms with Gasteiger partial charge in [-0.2, -0.15) is 0 Å². The predicted octanol–water partition coefficient (Wildman–Crippen LogP) is 4.44. The highest BCUT2D eigenvalue weighted by molar-refractivity contribution is 5.65. The summed E-state index contributed by atoms with van der Waals surface area (Å²) in [6, 6.07) is 10.8. The first-order valence-electron chi connectivity index (χ1n) is 6.88. The minimum atomic E-state index is -0.774. The van der Waals surface area contributed by atoms with Gasteiger partial charge in [-0.1, -0.05) is 37.3 Å². The summed E-state index contributed by atoms with van der Waals surface area (Å²) < 4.78 is 27.6. The van der Waals surface area contributed by atoms with Crippen LogP contribution in [0.5, 0.6) is 0 Å². The van der Waals surface area contributed by atoms with Gasteiger partial charge in [0.1, 0.15) is 0 Å². The first-order valence-corrected chi connectivity index (χ1v) is 6.88. The Labute approximate surface area is 118 Å². The Kier molecular flexibility index (Phi) is 4.85. The predicted molar refractivity (Wildman–Crippen MR) is 78.5 cm³/mol. The quantitative estimate of drug-likeness (QED) is 0.795. The van der Waals surface area contributed by atoms with Gasteiger partial charge >= 0.3 is 0 Å². The maximum Gasteiger partial charge on any atom is 0.166 e. The summed E-state index contributed by atoms with van der Waals surface area (Å²) in [5.74, 6) is -1.54. The zero-order valence-corrected chi connectivity index (χ0v) is 11.8. The molecule has 2 rings (SSSR count). The third-order valence-corrected chi connectivity index (χ3v) is 3.27. The molecule has 3 heteroatoms. The van der Waals surface area contributed by atoms with Crippen molar-refractivity contribution < 1.29 is 8.78 Å². The molecule has 0 saturated heterocycles. The first kappa shape index (κ1) is 14.7. The van der Waals surface area contributed by atoms with E-state index in [-0.39, 0.29) is 0 Å². The molecular formula is C17H19F2N. The monoisotopic (exact) mass is 275 g/mol. The topological polar surface area (TPSA) is 12.0 Å². The third kappa shape index (κ3) is 3.23. The zero-order chi connectivity index (χ0) is 14.5. The van der Waals surface area contributed by atoms with Crippen molar-refractivity contribution in [3.05, 3.63) is 59.2 Å². The SMILES string of the molecule is CCCNCc1cccc(-c2ccc(C)c(F)c2F)c1. The van der Waals surface area contributed by atoms with Gasteiger partial charge in [0.2, 0.25) is 0 Å². The molecule has 0 aromatic heterocycles. The highest BCUT2D eigenvalue weighted by atomic mass is 19.2. The zero-order valence-electron chi connectivity index (χ0n) is 11.8. The van der Waals surface area contributed by atoms with Crippen molar-refractivity contribution in [1.29, 1.82) is 0 Å². The fourth-order valence-corrected chi connectivity index (χ4v) is 2.13. The molecule has 0 aliphatic carbocycles. The van der Waals surface area contributed by atoms with E-state index in [2.05, 4.69) is 12.2 Å². The molecule has 2 aromatic rings. The Balaban J connectivity index is 2.29. The van der Waals surface area contributed by atoms with Crippen molar-refractivity contribution >= 4 is 0 Å². The Hall–Kier alpha value is -1.74. The number of aryl methyl sites for hydroxylation is 1. The van der Waals surface area contributed by atoms with Gasteiger partial charge in [0, 0.05) is 12.1 Å². The van der Waals surface area contributed by atoms with Crippen molar-refractivity contribution in [1.82, 2.24) is 5.32 Å². The standard InChI is InChI=1S/C17H19F2N/c1-3-9-20-11-13-5-4-6-14(10-13)15-8-7-12(2)16(18)17(15)19/h4-8,10,20H,3,9,11H2,1-2H3. The second-order valence-electron chi connectivity index (χ2n) is 4.94. The Morgan fingerprint density at radius 3 is 2.60 bits per heavy atom. The van der Waals surface area contributed by atoms with Gasteiger partial charge in [-0.15, -0.1) is 0 Å². The van der Waals surface area contributed by atoms with Gasteiger partial charge in [-0.3, -0.25) is 0 Å². The van der Waals surface area contributed by atoms with Crippen LogP contribution in [0.1, 0.15) is 24.5 Å². The molecule has 0 spiro atoms. The summed E-state index contributed by atoms with van der Waals surface area (Å²) in [4.78, 5) is 0. The minimum absolute atomic E-state index is 0.311. The van der Waals surface area contributed by atoms with Gasteiger partial charge in [0.15, 0.2) is 11.6 Å². The highest BCUT2D eigenvalue weighted by Gasteiger charge is 2.12. The molecule has 0 heterocycles. The summed E-state index contributed by atoms with van der Waals surface area (Å²) in [7, 11) is 0. The van der Waals surface area contributed by atoms with Gasteiger partial charge < -0.3 is 5.32 Å². The summed E-state index contributed by atoms with van der Waals surface area (Å²) >= 11 is 0. The van der Waals surface area contributed by atoms with Crippen molar-refractivity contribution in [3.8, 4) is 11.1 Å². The number of benzene rings is 2. The van der Waals surface area contributed by atoms with Crippen molar-refractivity contribution in [2.75, 3.05) is 6.54 Å². The van der Waals surface area contributed by atoms with Crippen LogP contribution in [0.25, 0.3) is 11.1 Å². The van der Waals surface area contributed by atoms with Crippen LogP contribution in [0, 0.1) is 18.6 Å². The molecule has 0 atom stereocenters. The molecule has 106 valence electrons. The van der Waals surface area contributed by atoms with Crippen LogP contribution in [0.15, 0.2) is 36.4 Å². The molecule has 0 bridgehead atoms. The number of hydrogen-bond acceptors (Lipinski definition) is 1. The van der Waals surface area contributed by atoms with Crippen LogP contribution in [-0.4, -0.2) is 6.54 Å². The van der Waals surface area contributed by atoms with E-state index in [9.17, 15) is 8.78 Å². The average molecular weight is 275 g/mol. The van der Waals surface area contributed by atoms with Gasteiger partial charge in [-0.05, 0) is 42.6 Å². The Bertz CT molecular complexity index is 594.